The lowest BCUT2D eigenvalue weighted by atomic mass is 10.1. The average Bonchev–Trinajstić information content (AvgIpc) is 3.85. The highest BCUT2D eigenvalue weighted by Gasteiger charge is 2.43. The summed E-state index contributed by atoms with van der Waals surface area (Å²) in [6, 6.07) is 13.8. The number of benzene rings is 4. The van der Waals surface area contributed by atoms with Crippen molar-refractivity contribution < 1.29 is 93.0 Å². The highest BCUT2D eigenvalue weighted by molar-refractivity contribution is 7.89. The molecule has 6 aromatic rings. The van der Waals surface area contributed by atoms with E-state index in [2.05, 4.69) is 40.4 Å². The van der Waals surface area contributed by atoms with E-state index in [0.29, 0.717) is 35.4 Å². The van der Waals surface area contributed by atoms with E-state index in [-0.39, 0.29) is 84.2 Å². The Morgan fingerprint density at radius 1 is 0.625 bits per heavy atom. The van der Waals surface area contributed by atoms with Gasteiger partial charge in [-0.1, -0.05) is 47.2 Å². The van der Waals surface area contributed by atoms with Crippen LogP contribution in [-0.2, 0) is 61.3 Å². The van der Waals surface area contributed by atoms with Crippen molar-refractivity contribution in [3.63, 3.8) is 0 Å². The number of piperazine rings is 2. The molecule has 0 bridgehead atoms. The number of fused-ring (bicyclic) bond motifs is 1. The van der Waals surface area contributed by atoms with Crippen LogP contribution in [0, 0.1) is 0 Å². The molecule has 17 nitrogen and oxygen atoms in total. The number of nitrogens with one attached hydrogen (secondary N) is 3. The van der Waals surface area contributed by atoms with Crippen LogP contribution in [0.2, 0.25) is 5.15 Å². The minimum atomic E-state index is -4.92. The maximum atomic E-state index is 13.6. The number of alkyl halides is 13. The van der Waals surface area contributed by atoms with Gasteiger partial charge in [-0.2, -0.15) is 70.7 Å². The zero-order valence-corrected chi connectivity index (χ0v) is 43.4. The largest absolute Gasteiger partial charge is 0.451 e. The van der Waals surface area contributed by atoms with Crippen molar-refractivity contribution in [3.8, 4) is 11.5 Å². The Morgan fingerprint density at radius 2 is 1.07 bits per heavy atom. The summed E-state index contributed by atoms with van der Waals surface area (Å²) < 4.78 is 230. The first-order valence-electron chi connectivity index (χ1n) is 22.8. The first-order chi connectivity index (χ1) is 37.4. The first-order valence-corrected chi connectivity index (χ1v) is 26.9. The number of hydrogen-bond donors (Lipinski definition) is 3. The van der Waals surface area contributed by atoms with Crippen LogP contribution in [0.1, 0.15) is 28.1 Å². The van der Waals surface area contributed by atoms with E-state index >= 15 is 0 Å². The average molecular weight is 1220 g/mol. The van der Waals surface area contributed by atoms with Crippen LogP contribution in [0.4, 0.5) is 62.2 Å². The SMILES string of the molecule is O=C(NCc1ccc(OC(F)F)cc1)[C@H]1CN(c2nc3nc(C(F)(F)F)nc(Cl)c3s2)CCN1S(=O)(=O)c1ccc(C(F)(F)F)cc1.O=C(NCc1ccc(OC(F)F)cc1)[C@H]1CNCCN1S(=O)(=O)c1ccc(C(F)(F)F)cc1. The number of nitrogens with zero attached hydrogens (tertiary/aromatic N) is 6. The Kier molecular flexibility index (Phi) is 18.8. The van der Waals surface area contributed by atoms with Gasteiger partial charge in [0.15, 0.2) is 15.9 Å². The van der Waals surface area contributed by atoms with Crippen LogP contribution in [0.5, 0.6) is 11.5 Å². The Morgan fingerprint density at radius 3 is 1.51 bits per heavy atom. The predicted octanol–water partition coefficient (Wildman–Crippen LogP) is 8.16. The van der Waals surface area contributed by atoms with Crippen molar-refractivity contribution in [2.45, 2.75) is 66.7 Å². The lowest BCUT2D eigenvalue weighted by molar-refractivity contribution is -0.144. The van der Waals surface area contributed by atoms with Crippen molar-refractivity contribution in [2.24, 2.45) is 0 Å². The molecule has 3 N–H and O–H groups in total. The molecule has 0 unspecified atom stereocenters. The summed E-state index contributed by atoms with van der Waals surface area (Å²) >= 11 is 6.76. The highest BCUT2D eigenvalue weighted by Crippen LogP contribution is 2.38. The molecule has 8 rings (SSSR count). The maximum absolute atomic E-state index is 13.6. The van der Waals surface area contributed by atoms with E-state index in [4.69, 9.17) is 11.6 Å². The lowest BCUT2D eigenvalue weighted by Gasteiger charge is -2.39. The topological polar surface area (TPSA) is 205 Å². The Labute approximate surface area is 453 Å². The molecule has 0 radical (unpaired) electrons. The molecule has 2 aromatic heterocycles. The Balaban J connectivity index is 0.000000246. The van der Waals surface area contributed by atoms with Gasteiger partial charge < -0.3 is 30.3 Å². The molecular formula is C46H39ClF13N9O8S3. The minimum Gasteiger partial charge on any atom is -0.435 e. The van der Waals surface area contributed by atoms with Crippen LogP contribution in [0.25, 0.3) is 10.3 Å². The van der Waals surface area contributed by atoms with Crippen LogP contribution in [0.15, 0.2) is 107 Å². The van der Waals surface area contributed by atoms with Gasteiger partial charge in [0.25, 0.3) is 0 Å². The summed E-state index contributed by atoms with van der Waals surface area (Å²) in [7, 11) is -8.81. The first kappa shape index (κ1) is 61.0. The summed E-state index contributed by atoms with van der Waals surface area (Å²) in [5.74, 6) is -3.19. The molecule has 2 atom stereocenters. The fourth-order valence-electron chi connectivity index (χ4n) is 7.77. The van der Waals surface area contributed by atoms with Crippen LogP contribution >= 0.6 is 22.9 Å². The van der Waals surface area contributed by atoms with Crippen molar-refractivity contribution in [1.29, 1.82) is 0 Å². The fourth-order valence-corrected chi connectivity index (χ4v) is 12.1. The molecule has 0 aliphatic carbocycles. The molecule has 0 spiro atoms. The van der Waals surface area contributed by atoms with Crippen LogP contribution in [-0.4, -0.2) is 117 Å². The van der Waals surface area contributed by atoms with E-state index in [0.717, 1.165) is 44.2 Å². The number of carbonyl (C=O) groups excluding carboxylic acids is 2. The van der Waals surface area contributed by atoms with Gasteiger partial charge in [0.05, 0.1) is 20.9 Å². The van der Waals surface area contributed by atoms with Gasteiger partial charge in [-0.3, -0.25) is 9.59 Å². The van der Waals surface area contributed by atoms with Gasteiger partial charge in [0, 0.05) is 52.4 Å². The second-order valence-electron chi connectivity index (χ2n) is 16.9. The van der Waals surface area contributed by atoms with Crippen LogP contribution < -0.4 is 30.3 Å². The van der Waals surface area contributed by atoms with Gasteiger partial charge in [-0.25, -0.2) is 26.8 Å². The van der Waals surface area contributed by atoms with Crippen molar-refractivity contribution in [2.75, 3.05) is 44.2 Å². The van der Waals surface area contributed by atoms with Crippen molar-refractivity contribution in [1.82, 2.24) is 39.5 Å². The monoisotopic (exact) mass is 1220 g/mol. The Hall–Kier alpha value is -6.65. The molecule has 2 saturated heterocycles. The number of halogens is 14. The summed E-state index contributed by atoms with van der Waals surface area (Å²) in [5.41, 5.74) is -1.47. The van der Waals surface area contributed by atoms with E-state index in [1.807, 2.05) is 0 Å². The Bertz CT molecular complexity index is 3370. The van der Waals surface area contributed by atoms with E-state index in [1.165, 1.54) is 53.4 Å². The maximum Gasteiger partial charge on any atom is 0.451 e. The molecule has 432 valence electrons. The smallest absolute Gasteiger partial charge is 0.435 e. The number of aromatic nitrogens is 3. The van der Waals surface area contributed by atoms with Gasteiger partial charge in [-0.15, -0.1) is 0 Å². The molecule has 2 fully saturated rings. The highest BCUT2D eigenvalue weighted by atomic mass is 35.5. The molecule has 2 aliphatic rings. The summed E-state index contributed by atoms with van der Waals surface area (Å²) in [5, 5.41) is 7.59. The predicted molar refractivity (Wildman–Crippen MR) is 258 cm³/mol. The fraction of sp³-hybridized carbons (Fsp3) is 0.326. The third-order valence-corrected chi connectivity index (χ3v) is 17.0. The van der Waals surface area contributed by atoms with Crippen LogP contribution in [0.3, 0.4) is 0 Å². The lowest BCUT2D eigenvalue weighted by Crippen LogP contribution is -2.60. The standard InChI is InChI=1S/C26H19ClF8N6O4S2.C20H20F5N3O4S/c27-19-18-20(38-22(37-19)26(33,34)35)39-24(46-18)40-9-10-41(47(43,44)16-7-3-14(4-8-16)25(30,31)32)17(12-40)21(42)36-11-13-1-5-15(6-2-13)45-23(28)29;21-19(22)32-15-5-1-13(2-6-15)11-27-18(29)17-12-26-9-10-28(17)33(30,31)16-7-3-14(4-8-16)20(23,24)25/h1-8,17,23H,9-12H2,(H,36,42);1-8,17,19,26H,9-12H2,(H,27,29)/t2*17-/m11/s1. The second kappa shape index (κ2) is 24.6. The molecule has 80 heavy (non-hydrogen) atoms. The summed E-state index contributed by atoms with van der Waals surface area (Å²) in [4.78, 5) is 37.6. The number of rotatable bonds is 15. The van der Waals surface area contributed by atoms with E-state index in [1.54, 1.807) is 0 Å². The molecule has 4 aromatic carbocycles. The molecule has 2 aliphatic heterocycles. The molecule has 2 amide bonds. The van der Waals surface area contributed by atoms with E-state index in [9.17, 15) is 83.5 Å². The number of amides is 2. The number of sulfonamides is 2. The van der Waals surface area contributed by atoms with E-state index < -0.39 is 103 Å². The number of hydrogen-bond acceptors (Lipinski definition) is 14. The second-order valence-corrected chi connectivity index (χ2v) is 22.0. The third kappa shape index (κ3) is 15.0. The normalized spacial score (nSPS) is 17.0. The molecule has 0 saturated carbocycles. The minimum absolute atomic E-state index is 0.00153. The zero-order valence-electron chi connectivity index (χ0n) is 40.2. The van der Waals surface area contributed by atoms with Crippen molar-refractivity contribution in [3.05, 3.63) is 130 Å². The van der Waals surface area contributed by atoms with Gasteiger partial charge in [-0.05, 0) is 83.9 Å². The molecule has 4 heterocycles. The third-order valence-electron chi connectivity index (χ3n) is 11.7. The van der Waals surface area contributed by atoms with Gasteiger partial charge in [0.1, 0.15) is 28.3 Å². The van der Waals surface area contributed by atoms with Gasteiger partial charge in [0.2, 0.25) is 37.7 Å². The molecular weight excluding hydrogens is 1190 g/mol. The summed E-state index contributed by atoms with van der Waals surface area (Å²) in [6.07, 6.45) is -14.3. The quantitative estimate of drug-likeness (QED) is 0.0657. The number of ether oxygens (including phenoxy) is 2. The molecule has 34 heteroatoms. The number of anilines is 1. The number of thiazole rings is 1. The zero-order chi connectivity index (χ0) is 58.5. The van der Waals surface area contributed by atoms with Crippen molar-refractivity contribution >= 4 is 70.3 Å². The van der Waals surface area contributed by atoms with Gasteiger partial charge >= 0.3 is 31.8 Å². The number of carbonyl (C=O) groups is 2. The summed E-state index contributed by atoms with van der Waals surface area (Å²) in [6.45, 7) is -6.91.